The molecule has 0 aliphatic carbocycles. The minimum absolute atomic E-state index is 0.234. The van der Waals surface area contributed by atoms with Gasteiger partial charge in [-0.05, 0) is 37.8 Å². The highest BCUT2D eigenvalue weighted by Crippen LogP contribution is 2.18. The quantitative estimate of drug-likeness (QED) is 0.824. The van der Waals surface area contributed by atoms with Crippen molar-refractivity contribution in [2.24, 2.45) is 11.3 Å². The molecule has 0 saturated carbocycles. The number of aromatic nitrogens is 2. The second-order valence-corrected chi connectivity index (χ2v) is 6.27. The van der Waals surface area contributed by atoms with Gasteiger partial charge >= 0.3 is 0 Å². The number of nitrogens with one attached hydrogen (secondary N) is 1. The van der Waals surface area contributed by atoms with Crippen molar-refractivity contribution in [1.82, 2.24) is 15.1 Å². The largest absolute Gasteiger partial charge is 0.316 e. The van der Waals surface area contributed by atoms with Crippen LogP contribution >= 0.6 is 0 Å². The zero-order chi connectivity index (χ0) is 13.1. The van der Waals surface area contributed by atoms with E-state index in [9.17, 15) is 0 Å². The highest BCUT2D eigenvalue weighted by Gasteiger charge is 2.19. The van der Waals surface area contributed by atoms with Crippen molar-refractivity contribution >= 4 is 0 Å². The van der Waals surface area contributed by atoms with Crippen LogP contribution in [0.15, 0.2) is 6.07 Å². The van der Waals surface area contributed by atoms with E-state index in [-0.39, 0.29) is 5.41 Å². The molecule has 1 aromatic heterocycles. The van der Waals surface area contributed by atoms with Crippen LogP contribution < -0.4 is 5.32 Å². The van der Waals surface area contributed by atoms with Crippen LogP contribution in [0, 0.1) is 25.2 Å². The molecule has 1 N–H and O–H groups in total. The number of hydrogen-bond donors (Lipinski definition) is 1. The Kier molecular flexibility index (Phi) is 4.75. The van der Waals surface area contributed by atoms with Gasteiger partial charge in [-0.1, -0.05) is 27.7 Å². The second kappa shape index (κ2) is 5.67. The summed E-state index contributed by atoms with van der Waals surface area (Å²) in [6.07, 6.45) is 0. The lowest BCUT2D eigenvalue weighted by Crippen LogP contribution is -2.35. The van der Waals surface area contributed by atoms with Gasteiger partial charge in [-0.3, -0.25) is 4.68 Å². The fourth-order valence-corrected chi connectivity index (χ4v) is 2.00. The van der Waals surface area contributed by atoms with Gasteiger partial charge in [0.25, 0.3) is 0 Å². The zero-order valence-electron chi connectivity index (χ0n) is 12.2. The summed E-state index contributed by atoms with van der Waals surface area (Å²) < 4.78 is 2.12. The van der Waals surface area contributed by atoms with E-state index in [1.54, 1.807) is 0 Å². The van der Waals surface area contributed by atoms with Gasteiger partial charge in [-0.2, -0.15) is 5.10 Å². The summed E-state index contributed by atoms with van der Waals surface area (Å²) >= 11 is 0. The highest BCUT2D eigenvalue weighted by molar-refractivity contribution is 5.06. The maximum absolute atomic E-state index is 4.53. The summed E-state index contributed by atoms with van der Waals surface area (Å²) in [5, 5.41) is 8.06. The van der Waals surface area contributed by atoms with Gasteiger partial charge in [0.15, 0.2) is 0 Å². The van der Waals surface area contributed by atoms with E-state index in [1.165, 1.54) is 5.69 Å². The highest BCUT2D eigenvalue weighted by atomic mass is 15.3. The van der Waals surface area contributed by atoms with E-state index >= 15 is 0 Å². The van der Waals surface area contributed by atoms with Crippen molar-refractivity contribution in [1.29, 1.82) is 0 Å². The molecule has 3 nitrogen and oxygen atoms in total. The molecule has 0 fully saturated rings. The third kappa shape index (κ3) is 4.90. The molecular formula is C14H27N3. The van der Waals surface area contributed by atoms with Crippen LogP contribution in [0.2, 0.25) is 0 Å². The molecule has 0 saturated heterocycles. The summed E-state index contributed by atoms with van der Waals surface area (Å²) in [4.78, 5) is 0. The van der Waals surface area contributed by atoms with E-state index in [4.69, 9.17) is 0 Å². The Bertz CT molecular complexity index is 350. The Labute approximate surface area is 106 Å². The summed E-state index contributed by atoms with van der Waals surface area (Å²) in [7, 11) is 0. The Morgan fingerprint density at radius 2 is 2.00 bits per heavy atom. The van der Waals surface area contributed by atoms with Crippen molar-refractivity contribution in [3.8, 4) is 0 Å². The van der Waals surface area contributed by atoms with Crippen molar-refractivity contribution in [2.75, 3.05) is 13.1 Å². The first kappa shape index (κ1) is 14.2. The molecule has 0 aliphatic heterocycles. The lowest BCUT2D eigenvalue weighted by molar-refractivity contribution is 0.269. The molecule has 0 atom stereocenters. The number of rotatable bonds is 6. The summed E-state index contributed by atoms with van der Waals surface area (Å²) in [6.45, 7) is 16.3. The first-order valence-electron chi connectivity index (χ1n) is 6.52. The van der Waals surface area contributed by atoms with Gasteiger partial charge < -0.3 is 5.32 Å². The minimum atomic E-state index is 0.234. The molecule has 0 aliphatic rings. The van der Waals surface area contributed by atoms with E-state index < -0.39 is 0 Å². The van der Waals surface area contributed by atoms with Crippen LogP contribution in [-0.2, 0) is 6.54 Å². The van der Waals surface area contributed by atoms with Crippen molar-refractivity contribution in [3.05, 3.63) is 17.5 Å². The van der Waals surface area contributed by atoms with Crippen LogP contribution in [0.1, 0.15) is 39.1 Å². The fourth-order valence-electron chi connectivity index (χ4n) is 2.00. The molecule has 98 valence electrons. The molecule has 1 aromatic rings. The van der Waals surface area contributed by atoms with Crippen LogP contribution in [0.5, 0.6) is 0 Å². The number of aryl methyl sites for hydroxylation is 2. The zero-order valence-corrected chi connectivity index (χ0v) is 12.2. The van der Waals surface area contributed by atoms with Gasteiger partial charge in [0, 0.05) is 18.8 Å². The van der Waals surface area contributed by atoms with Gasteiger partial charge in [-0.15, -0.1) is 0 Å². The van der Waals surface area contributed by atoms with Crippen LogP contribution in [0.25, 0.3) is 0 Å². The van der Waals surface area contributed by atoms with Gasteiger partial charge in [-0.25, -0.2) is 0 Å². The Morgan fingerprint density at radius 1 is 1.35 bits per heavy atom. The molecule has 3 heteroatoms. The van der Waals surface area contributed by atoms with E-state index in [2.05, 4.69) is 55.8 Å². The van der Waals surface area contributed by atoms with E-state index in [0.29, 0.717) is 5.92 Å². The van der Waals surface area contributed by atoms with Crippen LogP contribution in [0.4, 0.5) is 0 Å². The second-order valence-electron chi connectivity index (χ2n) is 6.27. The fraction of sp³-hybridized carbons (Fsp3) is 0.786. The Hall–Kier alpha value is -0.830. The minimum Gasteiger partial charge on any atom is -0.316 e. The maximum atomic E-state index is 4.53. The summed E-state index contributed by atoms with van der Waals surface area (Å²) in [5.41, 5.74) is 2.59. The lowest BCUT2D eigenvalue weighted by Gasteiger charge is -2.26. The topological polar surface area (TPSA) is 29.9 Å². The first-order valence-corrected chi connectivity index (χ1v) is 6.52. The maximum Gasteiger partial charge on any atom is 0.0596 e. The molecule has 1 rings (SSSR count). The van der Waals surface area contributed by atoms with E-state index in [1.807, 2.05) is 6.92 Å². The van der Waals surface area contributed by atoms with Gasteiger partial charge in [0.1, 0.15) is 0 Å². The van der Waals surface area contributed by atoms with Crippen molar-refractivity contribution < 1.29 is 0 Å². The normalized spacial score (nSPS) is 12.4. The predicted octanol–water partition coefficient (Wildman–Crippen LogP) is 2.77. The first-order chi connectivity index (χ1) is 7.80. The van der Waals surface area contributed by atoms with Gasteiger partial charge in [0.2, 0.25) is 0 Å². The molecular weight excluding hydrogens is 210 g/mol. The molecule has 0 unspecified atom stereocenters. The summed E-state index contributed by atoms with van der Waals surface area (Å²) in [6, 6.07) is 2.14. The van der Waals surface area contributed by atoms with Gasteiger partial charge in [0.05, 0.1) is 5.69 Å². The third-order valence-corrected chi connectivity index (χ3v) is 2.84. The monoisotopic (exact) mass is 237 g/mol. The predicted molar refractivity (Wildman–Crippen MR) is 73.2 cm³/mol. The smallest absolute Gasteiger partial charge is 0.0596 e. The van der Waals surface area contributed by atoms with Crippen molar-refractivity contribution in [3.63, 3.8) is 0 Å². The average Bonchev–Trinajstić information content (AvgIpc) is 2.42. The standard InChI is InChI=1S/C14H27N3/c1-11(2)8-15-9-14(5,6)10-17-13(4)7-12(3)16-17/h7,11,15H,8-10H2,1-6H3. The average molecular weight is 237 g/mol. The summed E-state index contributed by atoms with van der Waals surface area (Å²) in [5.74, 6) is 0.708. The lowest BCUT2D eigenvalue weighted by atomic mass is 9.93. The number of nitrogens with zero attached hydrogens (tertiary/aromatic N) is 2. The van der Waals surface area contributed by atoms with Crippen LogP contribution in [-0.4, -0.2) is 22.9 Å². The third-order valence-electron chi connectivity index (χ3n) is 2.84. The van der Waals surface area contributed by atoms with Crippen LogP contribution in [0.3, 0.4) is 0 Å². The SMILES string of the molecule is Cc1cc(C)n(CC(C)(C)CNCC(C)C)n1. The molecule has 0 radical (unpaired) electrons. The molecule has 17 heavy (non-hydrogen) atoms. The molecule has 0 aromatic carbocycles. The molecule has 1 heterocycles. The number of hydrogen-bond acceptors (Lipinski definition) is 2. The molecule has 0 spiro atoms. The molecule has 0 bridgehead atoms. The Morgan fingerprint density at radius 3 is 2.47 bits per heavy atom. The molecule has 0 amide bonds. The Balaban J connectivity index is 2.51. The van der Waals surface area contributed by atoms with Crippen molar-refractivity contribution in [2.45, 2.75) is 48.1 Å². The van der Waals surface area contributed by atoms with E-state index in [0.717, 1.165) is 25.3 Å².